The maximum atomic E-state index is 11.8. The Labute approximate surface area is 118 Å². The summed E-state index contributed by atoms with van der Waals surface area (Å²) in [6, 6.07) is 8.00. The number of hydrogen-bond acceptors (Lipinski definition) is 4. The van der Waals surface area contributed by atoms with Crippen molar-refractivity contribution in [2.24, 2.45) is 0 Å². The Kier molecular flexibility index (Phi) is 5.54. The zero-order valence-corrected chi connectivity index (χ0v) is 12.0. The molecular weight excluding hydrogens is 260 g/mol. The molecule has 1 aromatic carbocycles. The Bertz CT molecular complexity index is 402. The predicted molar refractivity (Wildman–Crippen MR) is 78.6 cm³/mol. The van der Waals surface area contributed by atoms with Gasteiger partial charge in [0.15, 0.2) is 0 Å². The molecule has 1 aliphatic rings. The Balaban J connectivity index is 1.71. The van der Waals surface area contributed by atoms with Crippen LogP contribution in [0.3, 0.4) is 0 Å². The first-order valence-electron chi connectivity index (χ1n) is 6.60. The van der Waals surface area contributed by atoms with Crippen LogP contribution in [0.5, 0.6) is 5.75 Å². The molecule has 1 heterocycles. The Morgan fingerprint density at radius 1 is 1.47 bits per heavy atom. The normalized spacial score (nSPS) is 18.3. The van der Waals surface area contributed by atoms with E-state index in [4.69, 9.17) is 4.74 Å². The van der Waals surface area contributed by atoms with Crippen LogP contribution < -0.4 is 15.4 Å². The molecule has 0 aliphatic carbocycles. The Hall–Kier alpha value is -1.20. The van der Waals surface area contributed by atoms with E-state index < -0.39 is 0 Å². The highest BCUT2D eigenvalue weighted by Crippen LogP contribution is 2.12. The first-order valence-corrected chi connectivity index (χ1v) is 7.75. The highest BCUT2D eigenvalue weighted by atomic mass is 32.2. The van der Waals surface area contributed by atoms with Crippen molar-refractivity contribution in [3.63, 3.8) is 0 Å². The van der Waals surface area contributed by atoms with Crippen molar-refractivity contribution in [3.8, 4) is 5.75 Å². The molecule has 1 aliphatic heterocycles. The van der Waals surface area contributed by atoms with E-state index in [1.165, 1.54) is 5.56 Å². The summed E-state index contributed by atoms with van der Waals surface area (Å²) in [4.78, 5) is 11.8. The maximum Gasteiger partial charge on any atom is 0.238 e. The number of amides is 1. The van der Waals surface area contributed by atoms with Crippen molar-refractivity contribution >= 4 is 17.7 Å². The van der Waals surface area contributed by atoms with Gasteiger partial charge in [-0.25, -0.2) is 0 Å². The molecule has 5 heteroatoms. The summed E-state index contributed by atoms with van der Waals surface area (Å²) < 4.78 is 5.39. The number of carbonyl (C=O) groups excluding carboxylic acids is 1. The van der Waals surface area contributed by atoms with Crippen LogP contribution in [-0.4, -0.2) is 36.7 Å². The van der Waals surface area contributed by atoms with Gasteiger partial charge in [0.1, 0.15) is 5.75 Å². The molecule has 1 amide bonds. The molecule has 1 fully saturated rings. The average Bonchev–Trinajstić information content (AvgIpc) is 2.95. The summed E-state index contributed by atoms with van der Waals surface area (Å²) in [5.41, 5.74) is 1.21. The molecular formula is C14H20N2O2S. The molecule has 2 N–H and O–H groups in total. The van der Waals surface area contributed by atoms with Gasteiger partial charge in [-0.1, -0.05) is 12.1 Å². The highest BCUT2D eigenvalue weighted by molar-refractivity contribution is 7.99. The van der Waals surface area contributed by atoms with E-state index >= 15 is 0 Å². The Morgan fingerprint density at radius 2 is 2.26 bits per heavy atom. The fraction of sp³-hybridized carbons (Fsp3) is 0.500. The van der Waals surface area contributed by atoms with Crippen LogP contribution in [0.15, 0.2) is 24.3 Å². The molecule has 19 heavy (non-hydrogen) atoms. The number of thioether (sulfide) groups is 1. The largest absolute Gasteiger partial charge is 0.494 e. The zero-order valence-electron chi connectivity index (χ0n) is 11.1. The van der Waals surface area contributed by atoms with Gasteiger partial charge in [-0.05, 0) is 31.0 Å². The quantitative estimate of drug-likeness (QED) is 0.827. The fourth-order valence-corrected chi connectivity index (χ4v) is 2.88. The van der Waals surface area contributed by atoms with Crippen molar-refractivity contribution in [1.29, 1.82) is 0 Å². The predicted octanol–water partition coefficient (Wildman–Crippen LogP) is 1.41. The SMILES string of the molecule is CCOc1ccc(CCNC(=O)C2CSCN2)cc1. The second-order valence-corrected chi connectivity index (χ2v) is 5.42. The third kappa shape index (κ3) is 4.44. The van der Waals surface area contributed by atoms with E-state index in [-0.39, 0.29) is 11.9 Å². The lowest BCUT2D eigenvalue weighted by molar-refractivity contribution is -0.122. The van der Waals surface area contributed by atoms with Crippen LogP contribution in [0.4, 0.5) is 0 Å². The lowest BCUT2D eigenvalue weighted by Crippen LogP contribution is -2.42. The van der Waals surface area contributed by atoms with Crippen LogP contribution in [0, 0.1) is 0 Å². The van der Waals surface area contributed by atoms with Gasteiger partial charge in [-0.2, -0.15) is 0 Å². The average molecular weight is 280 g/mol. The molecule has 0 aromatic heterocycles. The van der Waals surface area contributed by atoms with Gasteiger partial charge in [0, 0.05) is 18.2 Å². The van der Waals surface area contributed by atoms with Crippen LogP contribution in [0.2, 0.25) is 0 Å². The number of carbonyl (C=O) groups is 1. The summed E-state index contributed by atoms with van der Waals surface area (Å²) >= 11 is 1.76. The highest BCUT2D eigenvalue weighted by Gasteiger charge is 2.21. The van der Waals surface area contributed by atoms with E-state index in [9.17, 15) is 4.79 Å². The molecule has 0 spiro atoms. The first-order chi connectivity index (χ1) is 9.29. The van der Waals surface area contributed by atoms with E-state index in [2.05, 4.69) is 10.6 Å². The lowest BCUT2D eigenvalue weighted by atomic mass is 10.1. The molecule has 0 saturated carbocycles. The van der Waals surface area contributed by atoms with E-state index in [1.807, 2.05) is 31.2 Å². The van der Waals surface area contributed by atoms with Crippen LogP contribution in [-0.2, 0) is 11.2 Å². The molecule has 2 rings (SSSR count). The zero-order chi connectivity index (χ0) is 13.5. The van der Waals surface area contributed by atoms with Crippen molar-refractivity contribution in [2.75, 3.05) is 24.8 Å². The molecule has 1 saturated heterocycles. The molecule has 1 unspecified atom stereocenters. The van der Waals surface area contributed by atoms with Crippen LogP contribution in [0.1, 0.15) is 12.5 Å². The van der Waals surface area contributed by atoms with Gasteiger partial charge in [0.05, 0.1) is 12.6 Å². The maximum absolute atomic E-state index is 11.8. The summed E-state index contributed by atoms with van der Waals surface area (Å²) in [6.07, 6.45) is 0.845. The molecule has 1 atom stereocenters. The van der Waals surface area contributed by atoms with E-state index in [1.54, 1.807) is 11.8 Å². The van der Waals surface area contributed by atoms with Gasteiger partial charge in [0.2, 0.25) is 5.91 Å². The minimum atomic E-state index is -0.0228. The summed E-state index contributed by atoms with van der Waals surface area (Å²) in [6.45, 7) is 3.33. The van der Waals surface area contributed by atoms with Gasteiger partial charge < -0.3 is 10.1 Å². The number of ether oxygens (including phenoxy) is 1. The molecule has 0 radical (unpaired) electrons. The number of nitrogens with one attached hydrogen (secondary N) is 2. The Morgan fingerprint density at radius 3 is 2.89 bits per heavy atom. The van der Waals surface area contributed by atoms with Crippen LogP contribution >= 0.6 is 11.8 Å². The van der Waals surface area contributed by atoms with Crippen molar-refractivity contribution < 1.29 is 9.53 Å². The number of hydrogen-bond donors (Lipinski definition) is 2. The van der Waals surface area contributed by atoms with Gasteiger partial charge in [-0.15, -0.1) is 11.8 Å². The fourth-order valence-electron chi connectivity index (χ4n) is 1.94. The van der Waals surface area contributed by atoms with E-state index in [0.29, 0.717) is 13.2 Å². The first kappa shape index (κ1) is 14.2. The molecule has 1 aromatic rings. The number of benzene rings is 1. The third-order valence-corrected chi connectivity index (χ3v) is 3.92. The second kappa shape index (κ2) is 7.40. The molecule has 4 nitrogen and oxygen atoms in total. The number of rotatable bonds is 6. The minimum absolute atomic E-state index is 0.0228. The third-order valence-electron chi connectivity index (χ3n) is 2.98. The van der Waals surface area contributed by atoms with Crippen molar-refractivity contribution in [3.05, 3.63) is 29.8 Å². The van der Waals surface area contributed by atoms with Crippen LogP contribution in [0.25, 0.3) is 0 Å². The van der Waals surface area contributed by atoms with Crippen molar-refractivity contribution in [2.45, 2.75) is 19.4 Å². The monoisotopic (exact) mass is 280 g/mol. The van der Waals surface area contributed by atoms with Gasteiger partial charge in [0.25, 0.3) is 0 Å². The summed E-state index contributed by atoms with van der Waals surface area (Å²) in [7, 11) is 0. The van der Waals surface area contributed by atoms with Gasteiger partial charge in [-0.3, -0.25) is 10.1 Å². The second-order valence-electron chi connectivity index (χ2n) is 4.39. The standard InChI is InChI=1S/C14H20N2O2S/c1-2-18-12-5-3-11(4-6-12)7-8-15-14(17)13-9-19-10-16-13/h3-6,13,16H,2,7-10H2,1H3,(H,15,17). The van der Waals surface area contributed by atoms with Gasteiger partial charge >= 0.3 is 0 Å². The van der Waals surface area contributed by atoms with E-state index in [0.717, 1.165) is 23.8 Å². The summed E-state index contributed by atoms with van der Waals surface area (Å²) in [5, 5.41) is 6.13. The molecule has 0 bridgehead atoms. The lowest BCUT2D eigenvalue weighted by Gasteiger charge is -2.10. The summed E-state index contributed by atoms with van der Waals surface area (Å²) in [5.74, 6) is 2.74. The van der Waals surface area contributed by atoms with Crippen molar-refractivity contribution in [1.82, 2.24) is 10.6 Å². The molecule has 104 valence electrons. The topological polar surface area (TPSA) is 50.4 Å². The smallest absolute Gasteiger partial charge is 0.238 e. The minimum Gasteiger partial charge on any atom is -0.494 e.